The van der Waals surface area contributed by atoms with Gasteiger partial charge in [-0.2, -0.15) is 0 Å². The molecule has 0 saturated carbocycles. The van der Waals surface area contributed by atoms with Gasteiger partial charge in [-0.25, -0.2) is 9.97 Å². The van der Waals surface area contributed by atoms with E-state index in [0.29, 0.717) is 12.0 Å². The molecule has 2 unspecified atom stereocenters. The van der Waals surface area contributed by atoms with Crippen molar-refractivity contribution in [1.29, 1.82) is 0 Å². The number of hydrogen-bond acceptors (Lipinski definition) is 4. The van der Waals surface area contributed by atoms with E-state index in [9.17, 15) is 0 Å². The van der Waals surface area contributed by atoms with Crippen LogP contribution in [0.25, 0.3) is 0 Å². The molecular weight excluding hydrogens is 315 g/mol. The SMILES string of the molecule is CC1CN(c2ncc(I)cn2)CC1N(C)C. The maximum atomic E-state index is 4.38. The third-order valence-corrected chi connectivity index (χ3v) is 3.68. The first-order valence-electron chi connectivity index (χ1n) is 5.47. The van der Waals surface area contributed by atoms with Crippen molar-refractivity contribution in [3.8, 4) is 0 Å². The van der Waals surface area contributed by atoms with E-state index in [4.69, 9.17) is 0 Å². The Labute approximate surface area is 110 Å². The molecule has 0 aromatic carbocycles. The van der Waals surface area contributed by atoms with E-state index in [2.05, 4.69) is 63.4 Å². The smallest absolute Gasteiger partial charge is 0.225 e. The van der Waals surface area contributed by atoms with E-state index in [1.807, 2.05) is 12.4 Å². The van der Waals surface area contributed by atoms with Gasteiger partial charge in [-0.1, -0.05) is 6.92 Å². The number of aromatic nitrogens is 2. The highest BCUT2D eigenvalue weighted by Crippen LogP contribution is 2.23. The minimum Gasteiger partial charge on any atom is -0.339 e. The summed E-state index contributed by atoms with van der Waals surface area (Å²) in [5.74, 6) is 1.52. The second-order valence-corrected chi connectivity index (χ2v) is 5.86. The van der Waals surface area contributed by atoms with Crippen LogP contribution in [0.2, 0.25) is 0 Å². The number of nitrogens with zero attached hydrogens (tertiary/aromatic N) is 4. The summed E-state index contributed by atoms with van der Waals surface area (Å²) >= 11 is 2.23. The summed E-state index contributed by atoms with van der Waals surface area (Å²) in [6, 6.07) is 0.600. The Morgan fingerprint density at radius 3 is 2.44 bits per heavy atom. The molecule has 4 nitrogen and oxygen atoms in total. The lowest BCUT2D eigenvalue weighted by Crippen LogP contribution is -2.34. The third-order valence-electron chi connectivity index (χ3n) is 3.13. The van der Waals surface area contributed by atoms with Gasteiger partial charge in [0.05, 0.1) is 0 Å². The Morgan fingerprint density at radius 2 is 1.94 bits per heavy atom. The highest BCUT2D eigenvalue weighted by Gasteiger charge is 2.32. The Kier molecular flexibility index (Phi) is 3.63. The monoisotopic (exact) mass is 332 g/mol. The van der Waals surface area contributed by atoms with Crippen LogP contribution in [0.4, 0.5) is 5.95 Å². The summed E-state index contributed by atoms with van der Waals surface area (Å²) in [6.45, 7) is 4.36. The molecule has 1 aromatic heterocycles. The van der Waals surface area contributed by atoms with Gasteiger partial charge in [-0.15, -0.1) is 0 Å². The molecular formula is C11H17IN4. The summed E-state index contributed by atoms with van der Waals surface area (Å²) in [7, 11) is 4.28. The summed E-state index contributed by atoms with van der Waals surface area (Å²) in [6.07, 6.45) is 3.74. The summed E-state index contributed by atoms with van der Waals surface area (Å²) in [4.78, 5) is 13.3. The van der Waals surface area contributed by atoms with Gasteiger partial charge in [0, 0.05) is 35.1 Å². The molecule has 1 aliphatic rings. The Hall–Kier alpha value is -0.430. The van der Waals surface area contributed by atoms with Crippen molar-refractivity contribution in [1.82, 2.24) is 14.9 Å². The van der Waals surface area contributed by atoms with Crippen LogP contribution in [0.15, 0.2) is 12.4 Å². The largest absolute Gasteiger partial charge is 0.339 e. The summed E-state index contributed by atoms with van der Waals surface area (Å²) in [5.41, 5.74) is 0. The van der Waals surface area contributed by atoms with Crippen LogP contribution in [0, 0.1) is 9.49 Å². The van der Waals surface area contributed by atoms with Crippen LogP contribution in [0.1, 0.15) is 6.92 Å². The maximum absolute atomic E-state index is 4.38. The fourth-order valence-electron chi connectivity index (χ4n) is 2.25. The number of anilines is 1. The first-order chi connectivity index (χ1) is 7.58. The summed E-state index contributed by atoms with van der Waals surface area (Å²) in [5, 5.41) is 0. The van der Waals surface area contributed by atoms with Gasteiger partial charge in [0.25, 0.3) is 0 Å². The number of hydrogen-bond donors (Lipinski definition) is 0. The van der Waals surface area contributed by atoms with Crippen LogP contribution in [0.5, 0.6) is 0 Å². The Bertz CT molecular complexity index is 352. The molecule has 0 bridgehead atoms. The van der Waals surface area contributed by atoms with Crippen LogP contribution in [0.3, 0.4) is 0 Å². The van der Waals surface area contributed by atoms with Crippen molar-refractivity contribution in [3.05, 3.63) is 16.0 Å². The first-order valence-corrected chi connectivity index (χ1v) is 6.54. The maximum Gasteiger partial charge on any atom is 0.225 e. The number of halogens is 1. The van der Waals surface area contributed by atoms with E-state index in [0.717, 1.165) is 22.6 Å². The fraction of sp³-hybridized carbons (Fsp3) is 0.636. The van der Waals surface area contributed by atoms with Crippen molar-refractivity contribution in [2.75, 3.05) is 32.1 Å². The highest BCUT2D eigenvalue weighted by molar-refractivity contribution is 14.1. The second-order valence-electron chi connectivity index (χ2n) is 4.61. The van der Waals surface area contributed by atoms with Gasteiger partial charge in [0.1, 0.15) is 0 Å². The average molecular weight is 332 g/mol. The van der Waals surface area contributed by atoms with Gasteiger partial charge < -0.3 is 9.80 Å². The Balaban J connectivity index is 2.10. The first kappa shape index (κ1) is 12.0. The minimum absolute atomic E-state index is 0.600. The lowest BCUT2D eigenvalue weighted by molar-refractivity contribution is 0.266. The molecule has 5 heteroatoms. The van der Waals surface area contributed by atoms with E-state index in [1.54, 1.807) is 0 Å². The lowest BCUT2D eigenvalue weighted by Gasteiger charge is -2.22. The second kappa shape index (κ2) is 4.83. The van der Waals surface area contributed by atoms with Crippen LogP contribution >= 0.6 is 22.6 Å². The average Bonchev–Trinajstić information content (AvgIpc) is 2.61. The summed E-state index contributed by atoms with van der Waals surface area (Å²) < 4.78 is 1.08. The quantitative estimate of drug-likeness (QED) is 0.768. The van der Waals surface area contributed by atoms with Crippen molar-refractivity contribution in [3.63, 3.8) is 0 Å². The topological polar surface area (TPSA) is 32.3 Å². The van der Waals surface area contributed by atoms with Crippen molar-refractivity contribution >= 4 is 28.5 Å². The van der Waals surface area contributed by atoms with E-state index in [1.165, 1.54) is 0 Å². The van der Waals surface area contributed by atoms with Crippen LogP contribution in [-0.4, -0.2) is 48.1 Å². The molecule has 1 aliphatic heterocycles. The molecule has 0 spiro atoms. The van der Waals surface area contributed by atoms with Gasteiger partial charge in [0.2, 0.25) is 5.95 Å². The molecule has 1 fully saturated rings. The molecule has 1 saturated heterocycles. The molecule has 2 atom stereocenters. The molecule has 0 aliphatic carbocycles. The molecule has 2 rings (SSSR count). The molecule has 16 heavy (non-hydrogen) atoms. The third kappa shape index (κ3) is 2.45. The molecule has 0 N–H and O–H groups in total. The van der Waals surface area contributed by atoms with Crippen LogP contribution in [-0.2, 0) is 0 Å². The van der Waals surface area contributed by atoms with E-state index >= 15 is 0 Å². The van der Waals surface area contributed by atoms with Crippen molar-refractivity contribution < 1.29 is 0 Å². The molecule has 0 amide bonds. The van der Waals surface area contributed by atoms with Crippen molar-refractivity contribution in [2.45, 2.75) is 13.0 Å². The standard InChI is InChI=1S/C11H17IN4/c1-8-6-16(7-10(8)15(2)3)11-13-4-9(12)5-14-11/h4-5,8,10H,6-7H2,1-3H3. The minimum atomic E-state index is 0.600. The molecule has 1 aromatic rings. The predicted octanol–water partition coefficient (Wildman–Crippen LogP) is 1.47. The molecule has 0 radical (unpaired) electrons. The van der Waals surface area contributed by atoms with Crippen molar-refractivity contribution in [2.24, 2.45) is 5.92 Å². The van der Waals surface area contributed by atoms with E-state index in [-0.39, 0.29) is 0 Å². The lowest BCUT2D eigenvalue weighted by atomic mass is 10.1. The van der Waals surface area contributed by atoms with Gasteiger partial charge in [0.15, 0.2) is 0 Å². The zero-order valence-electron chi connectivity index (χ0n) is 9.89. The number of rotatable bonds is 2. The van der Waals surface area contributed by atoms with E-state index < -0.39 is 0 Å². The Morgan fingerprint density at radius 1 is 1.31 bits per heavy atom. The predicted molar refractivity (Wildman–Crippen MR) is 73.6 cm³/mol. The highest BCUT2D eigenvalue weighted by atomic mass is 127. The van der Waals surface area contributed by atoms with Crippen LogP contribution < -0.4 is 4.90 Å². The fourth-order valence-corrected chi connectivity index (χ4v) is 2.53. The molecule has 88 valence electrons. The number of likely N-dealkylation sites (N-methyl/N-ethyl adjacent to an activating group) is 1. The van der Waals surface area contributed by atoms with Gasteiger partial charge >= 0.3 is 0 Å². The normalized spacial score (nSPS) is 25.4. The molecule has 2 heterocycles. The zero-order chi connectivity index (χ0) is 11.7. The zero-order valence-corrected chi connectivity index (χ0v) is 12.0. The van der Waals surface area contributed by atoms with Gasteiger partial charge in [-0.3, -0.25) is 0 Å². The van der Waals surface area contributed by atoms with Gasteiger partial charge in [-0.05, 0) is 42.6 Å².